The van der Waals surface area contributed by atoms with Gasteiger partial charge in [0.15, 0.2) is 0 Å². The zero-order valence-corrected chi connectivity index (χ0v) is 10.1. The molecule has 2 rings (SSSR count). The van der Waals surface area contributed by atoms with E-state index >= 15 is 0 Å². The van der Waals surface area contributed by atoms with Crippen LogP contribution >= 0.6 is 11.8 Å². The predicted octanol–water partition coefficient (Wildman–Crippen LogP) is 4.02. The number of hydrogen-bond acceptors (Lipinski definition) is 1. The molecule has 0 unspecified atom stereocenters. The molecule has 0 atom stereocenters. The van der Waals surface area contributed by atoms with Gasteiger partial charge in [-0.05, 0) is 54.2 Å². The largest absolute Gasteiger partial charge is 0.130 e. The number of hydrogen-bond donors (Lipinski definition) is 0. The van der Waals surface area contributed by atoms with Gasteiger partial charge in [-0.15, -0.1) is 11.8 Å². The van der Waals surface area contributed by atoms with E-state index in [9.17, 15) is 0 Å². The summed E-state index contributed by atoms with van der Waals surface area (Å²) in [5.74, 6) is 0. The Balaban J connectivity index is 2.46. The van der Waals surface area contributed by atoms with Crippen LogP contribution in [0.2, 0.25) is 0 Å². The molecule has 0 saturated carbocycles. The first-order chi connectivity index (χ1) is 6.63. The van der Waals surface area contributed by atoms with Gasteiger partial charge in [0.25, 0.3) is 0 Å². The summed E-state index contributed by atoms with van der Waals surface area (Å²) in [6.45, 7) is 4.73. The highest BCUT2D eigenvalue weighted by Gasteiger charge is 2.26. The third-order valence-electron chi connectivity index (χ3n) is 3.29. The van der Waals surface area contributed by atoms with Crippen molar-refractivity contribution in [1.29, 1.82) is 0 Å². The number of rotatable bonds is 1. The molecule has 0 spiro atoms. The summed E-state index contributed by atoms with van der Waals surface area (Å²) in [5.41, 5.74) is 3.54. The first kappa shape index (κ1) is 10.1. The van der Waals surface area contributed by atoms with Crippen LogP contribution in [0.1, 0.15) is 37.8 Å². The van der Waals surface area contributed by atoms with Crippen molar-refractivity contribution in [3.63, 3.8) is 0 Å². The van der Waals surface area contributed by atoms with Crippen molar-refractivity contribution in [3.8, 4) is 0 Å². The Morgan fingerprint density at radius 2 is 2.07 bits per heavy atom. The molecule has 0 bridgehead atoms. The summed E-state index contributed by atoms with van der Waals surface area (Å²) in [7, 11) is 0. The lowest BCUT2D eigenvalue weighted by Crippen LogP contribution is -2.23. The quantitative estimate of drug-likeness (QED) is 0.625. The molecule has 0 aromatic heterocycles. The number of thioether (sulfide) groups is 1. The highest BCUT2D eigenvalue weighted by Crippen LogP contribution is 2.37. The lowest BCUT2D eigenvalue weighted by Gasteiger charge is -2.32. The summed E-state index contributed by atoms with van der Waals surface area (Å²) in [5, 5.41) is 0. The van der Waals surface area contributed by atoms with Crippen molar-refractivity contribution < 1.29 is 0 Å². The molecule has 1 aromatic rings. The SMILES string of the molecule is CSc1ccc2c(c1)CCCC2(C)C. The van der Waals surface area contributed by atoms with Gasteiger partial charge in [0.2, 0.25) is 0 Å². The van der Waals surface area contributed by atoms with Gasteiger partial charge in [-0.2, -0.15) is 0 Å². The van der Waals surface area contributed by atoms with Crippen LogP contribution in [0.5, 0.6) is 0 Å². The van der Waals surface area contributed by atoms with Gasteiger partial charge in [0.05, 0.1) is 0 Å². The number of aryl methyl sites for hydroxylation is 1. The van der Waals surface area contributed by atoms with E-state index in [1.54, 1.807) is 11.1 Å². The van der Waals surface area contributed by atoms with Gasteiger partial charge in [-0.25, -0.2) is 0 Å². The molecule has 0 radical (unpaired) electrons. The molecule has 76 valence electrons. The Bertz CT molecular complexity index is 339. The molecular weight excluding hydrogens is 188 g/mol. The van der Waals surface area contributed by atoms with Crippen LogP contribution in [0.3, 0.4) is 0 Å². The molecule has 1 aliphatic carbocycles. The lowest BCUT2D eigenvalue weighted by atomic mass is 9.73. The Hall–Kier alpha value is -0.430. The Labute approximate surface area is 91.1 Å². The van der Waals surface area contributed by atoms with Crippen molar-refractivity contribution in [1.82, 2.24) is 0 Å². The van der Waals surface area contributed by atoms with E-state index < -0.39 is 0 Å². The van der Waals surface area contributed by atoms with Gasteiger partial charge in [0.1, 0.15) is 0 Å². The molecule has 0 aliphatic heterocycles. The van der Waals surface area contributed by atoms with Crippen molar-refractivity contribution in [3.05, 3.63) is 29.3 Å². The maximum absolute atomic E-state index is 2.38. The molecule has 1 aromatic carbocycles. The molecular formula is C13H18S. The topological polar surface area (TPSA) is 0 Å². The van der Waals surface area contributed by atoms with Crippen molar-refractivity contribution >= 4 is 11.8 Å². The minimum atomic E-state index is 0.393. The van der Waals surface area contributed by atoms with Crippen LogP contribution in [-0.4, -0.2) is 6.26 Å². The molecule has 0 N–H and O–H groups in total. The molecule has 14 heavy (non-hydrogen) atoms. The van der Waals surface area contributed by atoms with Crippen LogP contribution in [0.4, 0.5) is 0 Å². The van der Waals surface area contributed by atoms with E-state index in [-0.39, 0.29) is 0 Å². The second kappa shape index (κ2) is 3.62. The normalized spacial score (nSPS) is 19.1. The van der Waals surface area contributed by atoms with E-state index in [4.69, 9.17) is 0 Å². The van der Waals surface area contributed by atoms with Crippen LogP contribution in [0.15, 0.2) is 23.1 Å². The third kappa shape index (κ3) is 1.70. The minimum Gasteiger partial charge on any atom is -0.130 e. The van der Waals surface area contributed by atoms with Crippen LogP contribution in [-0.2, 0) is 11.8 Å². The first-order valence-corrected chi connectivity index (χ1v) is 6.53. The van der Waals surface area contributed by atoms with Gasteiger partial charge < -0.3 is 0 Å². The molecule has 0 heterocycles. The maximum Gasteiger partial charge on any atom is 0.00720 e. The van der Waals surface area contributed by atoms with Crippen LogP contribution in [0.25, 0.3) is 0 Å². The monoisotopic (exact) mass is 206 g/mol. The Morgan fingerprint density at radius 3 is 2.79 bits per heavy atom. The van der Waals surface area contributed by atoms with Gasteiger partial charge >= 0.3 is 0 Å². The van der Waals surface area contributed by atoms with Crippen molar-refractivity contribution in [2.45, 2.75) is 43.4 Å². The average Bonchev–Trinajstić information content (AvgIpc) is 2.16. The highest BCUT2D eigenvalue weighted by molar-refractivity contribution is 7.98. The zero-order chi connectivity index (χ0) is 10.2. The molecule has 0 fully saturated rings. The molecule has 1 heteroatoms. The Kier molecular flexibility index (Phi) is 2.61. The maximum atomic E-state index is 2.38. The average molecular weight is 206 g/mol. The first-order valence-electron chi connectivity index (χ1n) is 5.31. The van der Waals surface area contributed by atoms with Gasteiger partial charge in [-0.3, -0.25) is 0 Å². The lowest BCUT2D eigenvalue weighted by molar-refractivity contribution is 0.431. The zero-order valence-electron chi connectivity index (χ0n) is 9.26. The summed E-state index contributed by atoms with van der Waals surface area (Å²) in [6.07, 6.45) is 6.10. The number of fused-ring (bicyclic) bond motifs is 1. The van der Waals surface area contributed by atoms with E-state index in [1.807, 2.05) is 11.8 Å². The summed E-state index contributed by atoms with van der Waals surface area (Å²) < 4.78 is 0. The summed E-state index contributed by atoms with van der Waals surface area (Å²) >= 11 is 1.84. The van der Waals surface area contributed by atoms with Crippen molar-refractivity contribution in [2.24, 2.45) is 0 Å². The third-order valence-corrected chi connectivity index (χ3v) is 4.01. The van der Waals surface area contributed by atoms with E-state index in [0.717, 1.165) is 0 Å². The van der Waals surface area contributed by atoms with Gasteiger partial charge in [-0.1, -0.05) is 19.9 Å². The fraction of sp³-hybridized carbons (Fsp3) is 0.538. The minimum absolute atomic E-state index is 0.393. The molecule has 0 nitrogen and oxygen atoms in total. The van der Waals surface area contributed by atoms with Crippen LogP contribution in [0, 0.1) is 0 Å². The van der Waals surface area contributed by atoms with E-state index in [1.165, 1.54) is 24.2 Å². The molecule has 0 amide bonds. The van der Waals surface area contributed by atoms with E-state index in [2.05, 4.69) is 38.3 Å². The van der Waals surface area contributed by atoms with Crippen LogP contribution < -0.4 is 0 Å². The summed E-state index contributed by atoms with van der Waals surface area (Å²) in [4.78, 5) is 1.40. The molecule has 1 aliphatic rings. The van der Waals surface area contributed by atoms with E-state index in [0.29, 0.717) is 5.41 Å². The fourth-order valence-electron chi connectivity index (χ4n) is 2.42. The predicted molar refractivity (Wildman–Crippen MR) is 64.2 cm³/mol. The Morgan fingerprint density at radius 1 is 1.29 bits per heavy atom. The fourth-order valence-corrected chi connectivity index (χ4v) is 2.88. The van der Waals surface area contributed by atoms with Crippen molar-refractivity contribution in [2.75, 3.05) is 6.26 Å². The second-order valence-electron chi connectivity index (χ2n) is 4.76. The highest BCUT2D eigenvalue weighted by atomic mass is 32.2. The molecule has 0 saturated heterocycles. The smallest absolute Gasteiger partial charge is 0.00720 e. The summed E-state index contributed by atoms with van der Waals surface area (Å²) in [6, 6.07) is 6.97. The standard InChI is InChI=1S/C13H18S/c1-13(2)8-4-5-10-9-11(14-3)6-7-12(10)13/h6-7,9H,4-5,8H2,1-3H3. The number of benzene rings is 1. The second-order valence-corrected chi connectivity index (χ2v) is 5.64. The van der Waals surface area contributed by atoms with Gasteiger partial charge in [0, 0.05) is 4.90 Å².